The van der Waals surface area contributed by atoms with E-state index in [1.807, 2.05) is 5.38 Å². The summed E-state index contributed by atoms with van der Waals surface area (Å²) in [4.78, 5) is 16.0. The van der Waals surface area contributed by atoms with Gasteiger partial charge in [-0.05, 0) is 35.4 Å². The molecule has 2 aromatic rings. The van der Waals surface area contributed by atoms with Gasteiger partial charge in [0, 0.05) is 18.3 Å². The fourth-order valence-electron chi connectivity index (χ4n) is 1.50. The summed E-state index contributed by atoms with van der Waals surface area (Å²) in [5.74, 6) is -0.107. The highest BCUT2D eigenvalue weighted by Crippen LogP contribution is 2.10. The summed E-state index contributed by atoms with van der Waals surface area (Å²) < 4.78 is 0. The molecule has 0 aliphatic rings. The molecule has 0 aromatic carbocycles. The number of nitrogens with zero attached hydrogens (tertiary/aromatic N) is 1. The summed E-state index contributed by atoms with van der Waals surface area (Å²) in [6, 6.07) is 2.07. The largest absolute Gasteiger partial charge is 0.350 e. The van der Waals surface area contributed by atoms with Crippen LogP contribution in [0.15, 0.2) is 22.2 Å². The summed E-state index contributed by atoms with van der Waals surface area (Å²) in [6.45, 7) is 1.20. The molecule has 0 fully saturated rings. The van der Waals surface area contributed by atoms with E-state index in [0.29, 0.717) is 18.8 Å². The van der Waals surface area contributed by atoms with Crippen LogP contribution in [0.25, 0.3) is 0 Å². The van der Waals surface area contributed by atoms with Crippen molar-refractivity contribution in [2.24, 2.45) is 5.73 Å². The number of hydrogen-bond donors (Lipinski definition) is 2. The molecular weight excluding hydrogens is 302 g/mol. The Morgan fingerprint density at radius 1 is 1.37 bits per heavy atom. The first kappa shape index (κ1) is 16.1. The van der Waals surface area contributed by atoms with Crippen LogP contribution in [-0.4, -0.2) is 24.0 Å². The van der Waals surface area contributed by atoms with Crippen LogP contribution >= 0.6 is 35.1 Å². The number of aromatic nitrogens is 1. The van der Waals surface area contributed by atoms with Gasteiger partial charge in [0.25, 0.3) is 5.91 Å². The molecule has 1 amide bonds. The summed E-state index contributed by atoms with van der Waals surface area (Å²) in [7, 11) is 0. The third-order valence-electron chi connectivity index (χ3n) is 2.42. The van der Waals surface area contributed by atoms with E-state index >= 15 is 0 Å². The van der Waals surface area contributed by atoms with E-state index in [2.05, 4.69) is 21.7 Å². The van der Waals surface area contributed by atoms with Gasteiger partial charge in [0.2, 0.25) is 0 Å². The van der Waals surface area contributed by atoms with Gasteiger partial charge in [-0.1, -0.05) is 0 Å². The van der Waals surface area contributed by atoms with Crippen molar-refractivity contribution in [1.82, 2.24) is 10.3 Å². The minimum atomic E-state index is -0.107. The standard InChI is InChI=1S/C12H15N3OS2.ClH/c13-4-1-11-15-10(8-18-11)12(16)14-5-2-9-3-6-17-7-9;/h3,6-8H,1-2,4-5,13H2,(H,14,16);1H. The molecule has 2 aromatic heterocycles. The first-order valence-electron chi connectivity index (χ1n) is 5.73. The highest BCUT2D eigenvalue weighted by atomic mass is 35.5. The fraction of sp³-hybridized carbons (Fsp3) is 0.333. The van der Waals surface area contributed by atoms with Crippen molar-refractivity contribution in [3.05, 3.63) is 38.5 Å². The molecule has 0 atom stereocenters. The topological polar surface area (TPSA) is 68.0 Å². The lowest BCUT2D eigenvalue weighted by Crippen LogP contribution is -2.25. The Balaban J connectivity index is 0.00000180. The van der Waals surface area contributed by atoms with Gasteiger partial charge in [0.15, 0.2) is 0 Å². The molecule has 0 aliphatic heterocycles. The third-order valence-corrected chi connectivity index (χ3v) is 4.06. The third kappa shape index (κ3) is 4.91. The van der Waals surface area contributed by atoms with Crippen molar-refractivity contribution in [2.45, 2.75) is 12.8 Å². The maximum Gasteiger partial charge on any atom is 0.270 e. The molecule has 3 N–H and O–H groups in total. The van der Waals surface area contributed by atoms with E-state index < -0.39 is 0 Å². The van der Waals surface area contributed by atoms with Crippen LogP contribution in [0, 0.1) is 0 Å². The van der Waals surface area contributed by atoms with Gasteiger partial charge in [-0.25, -0.2) is 4.98 Å². The molecule has 0 saturated heterocycles. The summed E-state index contributed by atoms with van der Waals surface area (Å²) in [6.07, 6.45) is 1.59. The normalized spacial score (nSPS) is 9.95. The van der Waals surface area contributed by atoms with Gasteiger partial charge >= 0.3 is 0 Å². The monoisotopic (exact) mass is 317 g/mol. The highest BCUT2D eigenvalue weighted by molar-refractivity contribution is 7.09. The Hall–Kier alpha value is -0.950. The number of carbonyl (C=O) groups is 1. The zero-order chi connectivity index (χ0) is 12.8. The Labute approximate surface area is 126 Å². The van der Waals surface area contributed by atoms with Crippen molar-refractivity contribution in [3.63, 3.8) is 0 Å². The van der Waals surface area contributed by atoms with E-state index in [9.17, 15) is 4.79 Å². The SMILES string of the molecule is Cl.NCCc1nc(C(=O)NCCc2ccsc2)cs1. The number of halogens is 1. The molecule has 0 aliphatic carbocycles. The van der Waals surface area contributed by atoms with Crippen molar-refractivity contribution >= 4 is 41.0 Å². The van der Waals surface area contributed by atoms with E-state index in [1.54, 1.807) is 16.7 Å². The molecule has 0 radical (unpaired) electrons. The van der Waals surface area contributed by atoms with E-state index in [0.717, 1.165) is 17.8 Å². The zero-order valence-corrected chi connectivity index (χ0v) is 12.7. The number of hydrogen-bond acceptors (Lipinski definition) is 5. The number of nitrogens with two attached hydrogens (primary N) is 1. The minimum Gasteiger partial charge on any atom is -0.350 e. The lowest BCUT2D eigenvalue weighted by atomic mass is 10.2. The fourth-order valence-corrected chi connectivity index (χ4v) is 3.00. The lowest BCUT2D eigenvalue weighted by Gasteiger charge is -2.01. The number of thiazole rings is 1. The van der Waals surface area contributed by atoms with Crippen LogP contribution < -0.4 is 11.1 Å². The van der Waals surface area contributed by atoms with E-state index in [4.69, 9.17) is 5.73 Å². The molecule has 19 heavy (non-hydrogen) atoms. The van der Waals surface area contributed by atoms with Gasteiger partial charge in [0.05, 0.1) is 5.01 Å². The van der Waals surface area contributed by atoms with Gasteiger partial charge in [-0.3, -0.25) is 4.79 Å². The van der Waals surface area contributed by atoms with Crippen LogP contribution in [0.5, 0.6) is 0 Å². The summed E-state index contributed by atoms with van der Waals surface area (Å²) in [5.41, 5.74) is 7.19. The lowest BCUT2D eigenvalue weighted by molar-refractivity contribution is 0.0949. The van der Waals surface area contributed by atoms with Crippen molar-refractivity contribution in [1.29, 1.82) is 0 Å². The van der Waals surface area contributed by atoms with Crippen LogP contribution in [-0.2, 0) is 12.8 Å². The predicted molar refractivity (Wildman–Crippen MR) is 82.5 cm³/mol. The molecule has 104 valence electrons. The molecule has 4 nitrogen and oxygen atoms in total. The van der Waals surface area contributed by atoms with Crippen molar-refractivity contribution in [3.8, 4) is 0 Å². The Morgan fingerprint density at radius 2 is 2.21 bits per heavy atom. The second-order valence-electron chi connectivity index (χ2n) is 3.80. The highest BCUT2D eigenvalue weighted by Gasteiger charge is 2.09. The maximum absolute atomic E-state index is 11.8. The van der Waals surface area contributed by atoms with Crippen LogP contribution in [0.3, 0.4) is 0 Å². The predicted octanol–water partition coefficient (Wildman–Crippen LogP) is 2.10. The molecule has 7 heteroatoms. The molecular formula is C12H16ClN3OS2. The average Bonchev–Trinajstić information content (AvgIpc) is 3.00. The van der Waals surface area contributed by atoms with Crippen LogP contribution in [0.1, 0.15) is 21.1 Å². The zero-order valence-electron chi connectivity index (χ0n) is 10.3. The Kier molecular flexibility index (Phi) is 7.01. The quantitative estimate of drug-likeness (QED) is 0.857. The second kappa shape index (κ2) is 8.27. The van der Waals surface area contributed by atoms with Gasteiger partial charge in [-0.15, -0.1) is 23.7 Å². The molecule has 0 spiro atoms. The second-order valence-corrected chi connectivity index (χ2v) is 5.53. The number of thiophene rings is 1. The van der Waals surface area contributed by atoms with E-state index in [-0.39, 0.29) is 18.3 Å². The van der Waals surface area contributed by atoms with Gasteiger partial charge in [-0.2, -0.15) is 11.3 Å². The minimum absolute atomic E-state index is 0. The van der Waals surface area contributed by atoms with Gasteiger partial charge in [0.1, 0.15) is 5.69 Å². The molecule has 0 bridgehead atoms. The molecule has 2 rings (SSSR count). The number of rotatable bonds is 6. The molecule has 0 saturated carbocycles. The Morgan fingerprint density at radius 3 is 2.89 bits per heavy atom. The van der Waals surface area contributed by atoms with Crippen molar-refractivity contribution < 1.29 is 4.79 Å². The summed E-state index contributed by atoms with van der Waals surface area (Å²) >= 11 is 3.15. The first-order valence-corrected chi connectivity index (χ1v) is 7.55. The van der Waals surface area contributed by atoms with E-state index in [1.165, 1.54) is 16.9 Å². The van der Waals surface area contributed by atoms with Gasteiger partial charge < -0.3 is 11.1 Å². The number of amides is 1. The first-order chi connectivity index (χ1) is 8.79. The van der Waals surface area contributed by atoms with Crippen LogP contribution in [0.2, 0.25) is 0 Å². The number of nitrogens with one attached hydrogen (secondary N) is 1. The maximum atomic E-state index is 11.8. The smallest absolute Gasteiger partial charge is 0.270 e. The average molecular weight is 318 g/mol. The molecule has 2 heterocycles. The summed E-state index contributed by atoms with van der Waals surface area (Å²) in [5, 5.41) is 9.70. The van der Waals surface area contributed by atoms with Crippen LogP contribution in [0.4, 0.5) is 0 Å². The van der Waals surface area contributed by atoms with Crippen molar-refractivity contribution in [2.75, 3.05) is 13.1 Å². The molecule has 0 unspecified atom stereocenters. The number of carbonyl (C=O) groups excluding carboxylic acids is 1. The Bertz CT molecular complexity index is 499.